The van der Waals surface area contributed by atoms with E-state index >= 15 is 0 Å². The van der Waals surface area contributed by atoms with Crippen LogP contribution in [0.3, 0.4) is 0 Å². The molecule has 1 fully saturated rings. The van der Waals surface area contributed by atoms with Crippen LogP contribution in [0.1, 0.15) is 40.2 Å². The molecule has 15 heteroatoms. The van der Waals surface area contributed by atoms with E-state index in [4.69, 9.17) is 29.1 Å². The molecule has 0 saturated carbocycles. The number of hydrogen-bond acceptors (Lipinski definition) is 9. The van der Waals surface area contributed by atoms with Crippen LogP contribution in [0.2, 0.25) is 0 Å². The summed E-state index contributed by atoms with van der Waals surface area (Å²) >= 11 is 0. The van der Waals surface area contributed by atoms with Crippen LogP contribution in [0.4, 0.5) is 23.8 Å². The molecule has 238 valence electrons. The van der Waals surface area contributed by atoms with E-state index in [1.54, 1.807) is 28.0 Å². The number of anilines is 1. The van der Waals surface area contributed by atoms with Crippen LogP contribution in [0.15, 0.2) is 36.8 Å². The Morgan fingerprint density at radius 2 is 1.75 bits per heavy atom. The lowest BCUT2D eigenvalue weighted by Crippen LogP contribution is -2.50. The highest BCUT2D eigenvalue weighted by Crippen LogP contribution is 2.31. The quantitative estimate of drug-likeness (QED) is 0.367. The number of carboxylic acid groups (broad SMARTS) is 1. The molecule has 0 spiro atoms. The molecule has 4 rings (SSSR count). The fourth-order valence-electron chi connectivity index (χ4n) is 4.10. The Morgan fingerprint density at radius 1 is 1.09 bits per heavy atom. The largest absolute Gasteiger partial charge is 0.490 e. The van der Waals surface area contributed by atoms with Gasteiger partial charge in [-0.25, -0.2) is 19.1 Å². The Balaban J connectivity index is 0.000000676. The summed E-state index contributed by atoms with van der Waals surface area (Å²) in [7, 11) is 0. The summed E-state index contributed by atoms with van der Waals surface area (Å²) in [6, 6.07) is 8.07. The normalized spacial score (nSPS) is 13.7. The van der Waals surface area contributed by atoms with Crippen LogP contribution >= 0.6 is 0 Å². The summed E-state index contributed by atoms with van der Waals surface area (Å²) in [5.74, 6) is -1.30. The molecule has 0 radical (unpaired) electrons. The van der Waals surface area contributed by atoms with Crippen LogP contribution in [-0.2, 0) is 14.3 Å². The van der Waals surface area contributed by atoms with E-state index in [0.717, 1.165) is 16.9 Å². The first kappa shape index (κ1) is 33.9. The van der Waals surface area contributed by atoms with E-state index in [1.807, 2.05) is 52.8 Å². The highest BCUT2D eigenvalue weighted by Gasteiger charge is 2.38. The van der Waals surface area contributed by atoms with E-state index in [-0.39, 0.29) is 12.2 Å². The lowest BCUT2D eigenvalue weighted by molar-refractivity contribution is -0.192. The van der Waals surface area contributed by atoms with Crippen molar-refractivity contribution in [2.24, 2.45) is 0 Å². The van der Waals surface area contributed by atoms with Gasteiger partial charge in [-0.05, 0) is 52.8 Å². The molecule has 44 heavy (non-hydrogen) atoms. The van der Waals surface area contributed by atoms with Gasteiger partial charge in [0.15, 0.2) is 0 Å². The first-order valence-corrected chi connectivity index (χ1v) is 13.7. The zero-order valence-electron chi connectivity index (χ0n) is 25.1. The number of aromatic nitrogens is 3. The van der Waals surface area contributed by atoms with Gasteiger partial charge in [0, 0.05) is 43.5 Å². The van der Waals surface area contributed by atoms with Gasteiger partial charge in [0.1, 0.15) is 29.8 Å². The number of hydrogen-bond donors (Lipinski definition) is 1. The maximum Gasteiger partial charge on any atom is 0.490 e. The van der Waals surface area contributed by atoms with Crippen LogP contribution in [0.25, 0.3) is 16.6 Å². The van der Waals surface area contributed by atoms with Gasteiger partial charge >= 0.3 is 18.2 Å². The zero-order valence-corrected chi connectivity index (χ0v) is 25.1. The Kier molecular flexibility index (Phi) is 11.0. The fourth-order valence-corrected chi connectivity index (χ4v) is 4.10. The molecule has 0 unspecified atom stereocenters. The summed E-state index contributed by atoms with van der Waals surface area (Å²) in [5.41, 5.74) is 2.33. The fraction of sp³-hybridized carbons (Fsp3) is 0.483. The van der Waals surface area contributed by atoms with Gasteiger partial charge in [-0.15, -0.1) is 0 Å². The molecule has 1 amide bonds. The van der Waals surface area contributed by atoms with E-state index in [9.17, 15) is 23.2 Å². The van der Waals surface area contributed by atoms with Crippen molar-refractivity contribution in [3.8, 4) is 22.9 Å². The minimum atomic E-state index is -5.08. The SMILES string of the molecule is CC(C)OCCOc1cc(-c2ccc(N3CCN(C(=O)OC(C)(C)C)CC3)nc2)c2c(C#N)cnn2c1.O=C(O)C(F)(F)F. The smallest absolute Gasteiger partial charge is 0.490 e. The van der Waals surface area contributed by atoms with Crippen molar-refractivity contribution >= 4 is 23.4 Å². The van der Waals surface area contributed by atoms with Crippen molar-refractivity contribution in [1.82, 2.24) is 19.5 Å². The Morgan fingerprint density at radius 3 is 2.27 bits per heavy atom. The predicted molar refractivity (Wildman–Crippen MR) is 153 cm³/mol. The number of ether oxygens (including phenoxy) is 3. The number of nitriles is 1. The topological polar surface area (TPSA) is 143 Å². The molecule has 1 saturated heterocycles. The molecule has 4 heterocycles. The number of halogens is 3. The molecule has 0 aliphatic carbocycles. The number of pyridine rings is 2. The lowest BCUT2D eigenvalue weighted by atomic mass is 10.1. The predicted octanol–water partition coefficient (Wildman–Crippen LogP) is 4.76. The highest BCUT2D eigenvalue weighted by molar-refractivity contribution is 5.85. The first-order chi connectivity index (χ1) is 20.6. The molecule has 3 aromatic rings. The van der Waals surface area contributed by atoms with Crippen LogP contribution in [0, 0.1) is 11.3 Å². The third kappa shape index (κ3) is 9.46. The van der Waals surface area contributed by atoms with Crippen LogP contribution < -0.4 is 9.64 Å². The molecule has 12 nitrogen and oxygen atoms in total. The summed E-state index contributed by atoms with van der Waals surface area (Å²) in [6.45, 7) is 12.9. The summed E-state index contributed by atoms with van der Waals surface area (Å²) in [6.07, 6.45) is -0.121. The Labute approximate surface area is 252 Å². The molecule has 0 bridgehead atoms. The maximum absolute atomic E-state index is 12.4. The first-order valence-electron chi connectivity index (χ1n) is 13.7. The zero-order chi connectivity index (χ0) is 32.7. The van der Waals surface area contributed by atoms with Crippen molar-refractivity contribution in [3.63, 3.8) is 0 Å². The van der Waals surface area contributed by atoms with E-state index in [0.29, 0.717) is 56.2 Å². The maximum atomic E-state index is 12.4. The average molecular weight is 621 g/mol. The van der Waals surface area contributed by atoms with E-state index in [2.05, 4.69) is 16.1 Å². The molecule has 0 atom stereocenters. The number of nitrogens with zero attached hydrogens (tertiary/aromatic N) is 6. The Hall–Kier alpha value is -4.58. The molecule has 0 aromatic carbocycles. The summed E-state index contributed by atoms with van der Waals surface area (Å²) < 4.78 is 50.4. The number of carbonyl (C=O) groups is 2. The third-order valence-electron chi connectivity index (χ3n) is 6.07. The molecular formula is C29H35F3N6O6. The van der Waals surface area contributed by atoms with E-state index < -0.39 is 17.7 Å². The third-order valence-corrected chi connectivity index (χ3v) is 6.07. The minimum absolute atomic E-state index is 0.135. The second kappa shape index (κ2) is 14.3. The van der Waals surface area contributed by atoms with Crippen molar-refractivity contribution in [2.75, 3.05) is 44.3 Å². The number of rotatable bonds is 7. The van der Waals surface area contributed by atoms with Gasteiger partial charge in [0.2, 0.25) is 0 Å². The van der Waals surface area contributed by atoms with Gasteiger partial charge in [0.05, 0.1) is 36.2 Å². The minimum Gasteiger partial charge on any atom is -0.490 e. The second-order valence-electron chi connectivity index (χ2n) is 11.0. The molecule has 3 aromatic heterocycles. The number of carbonyl (C=O) groups excluding carboxylic acids is 1. The summed E-state index contributed by atoms with van der Waals surface area (Å²) in [4.78, 5) is 29.8. The molecule has 1 aliphatic rings. The molecular weight excluding hydrogens is 585 g/mol. The van der Waals surface area contributed by atoms with Crippen molar-refractivity contribution < 1.29 is 42.1 Å². The van der Waals surface area contributed by atoms with Crippen molar-refractivity contribution in [3.05, 3.63) is 42.4 Å². The number of amides is 1. The van der Waals surface area contributed by atoms with Crippen LogP contribution in [-0.4, -0.2) is 93.9 Å². The number of piperazine rings is 1. The summed E-state index contributed by atoms with van der Waals surface area (Å²) in [5, 5.41) is 21.1. The number of alkyl halides is 3. The van der Waals surface area contributed by atoms with E-state index in [1.165, 1.54) is 0 Å². The van der Waals surface area contributed by atoms with Gasteiger partial charge in [-0.2, -0.15) is 23.5 Å². The Bertz CT molecular complexity index is 1470. The van der Waals surface area contributed by atoms with Gasteiger partial charge in [0.25, 0.3) is 0 Å². The number of fused-ring (bicyclic) bond motifs is 1. The standard InChI is InChI=1S/C27H34N6O4.C2HF3O2/c1-19(2)35-12-13-36-22-14-23(25-21(15-28)17-30-33(25)18-22)20-6-7-24(29-16-20)31-8-10-32(11-9-31)26(34)37-27(3,4)5;3-2(4,5)1(6)7/h6-7,14,16-19H,8-13H2,1-5H3;(H,6,7). The molecule has 1 N–H and O–H groups in total. The van der Waals surface area contributed by atoms with Crippen molar-refractivity contribution in [1.29, 1.82) is 5.26 Å². The highest BCUT2D eigenvalue weighted by atomic mass is 19.4. The second-order valence-corrected chi connectivity index (χ2v) is 11.0. The monoisotopic (exact) mass is 620 g/mol. The van der Waals surface area contributed by atoms with Gasteiger partial charge < -0.3 is 29.1 Å². The lowest BCUT2D eigenvalue weighted by Gasteiger charge is -2.36. The number of carboxylic acids is 1. The van der Waals surface area contributed by atoms with Crippen LogP contribution in [0.5, 0.6) is 5.75 Å². The molecule has 1 aliphatic heterocycles. The van der Waals surface area contributed by atoms with Crippen molar-refractivity contribution in [2.45, 2.75) is 52.5 Å². The average Bonchev–Trinajstić information content (AvgIpc) is 3.37. The van der Waals surface area contributed by atoms with Gasteiger partial charge in [-0.1, -0.05) is 0 Å². The number of aliphatic carboxylic acids is 1. The van der Waals surface area contributed by atoms with Gasteiger partial charge in [-0.3, -0.25) is 0 Å².